The molecule has 0 aliphatic rings. The number of hydrogen-bond donors (Lipinski definition) is 1. The largest absolute Gasteiger partial charge is 0.493 e. The number of nitrogens with two attached hydrogens (primary N) is 1. The Labute approximate surface area is 131 Å². The van der Waals surface area contributed by atoms with E-state index in [9.17, 15) is 4.39 Å². The van der Waals surface area contributed by atoms with Gasteiger partial charge in [-0.05, 0) is 52.7 Å². The molecule has 0 saturated heterocycles. The maximum atomic E-state index is 13.1. The predicted molar refractivity (Wildman–Crippen MR) is 82.0 cm³/mol. The number of hydrogen-bond acceptors (Lipinski definition) is 4. The Kier molecular flexibility index (Phi) is 5.52. The Morgan fingerprint density at radius 1 is 1.24 bits per heavy atom. The number of pyridine rings is 1. The zero-order valence-corrected chi connectivity index (χ0v) is 13.2. The Morgan fingerprint density at radius 2 is 2.05 bits per heavy atom. The quantitative estimate of drug-likeness (QED) is 0.865. The lowest BCUT2D eigenvalue weighted by atomic mass is 10.1. The van der Waals surface area contributed by atoms with E-state index in [0.717, 1.165) is 22.7 Å². The average molecular weight is 355 g/mol. The fourth-order valence-corrected chi connectivity index (χ4v) is 2.52. The molecule has 1 heterocycles. The SMILES string of the molecule is COc1cc(CCN)cc(Br)c1OCc1cncc(F)c1. The molecular weight excluding hydrogens is 339 g/mol. The number of rotatable bonds is 6. The molecule has 0 spiro atoms. The van der Waals surface area contributed by atoms with Gasteiger partial charge in [-0.1, -0.05) is 0 Å². The number of halogens is 2. The summed E-state index contributed by atoms with van der Waals surface area (Å²) >= 11 is 3.46. The number of nitrogens with zero attached hydrogens (tertiary/aromatic N) is 1. The highest BCUT2D eigenvalue weighted by molar-refractivity contribution is 9.10. The van der Waals surface area contributed by atoms with Crippen molar-refractivity contribution in [1.82, 2.24) is 4.98 Å². The van der Waals surface area contributed by atoms with Crippen molar-refractivity contribution in [2.24, 2.45) is 5.73 Å². The Hall–Kier alpha value is -1.66. The summed E-state index contributed by atoms with van der Waals surface area (Å²) in [5.41, 5.74) is 7.26. The van der Waals surface area contributed by atoms with Gasteiger partial charge in [-0.2, -0.15) is 0 Å². The van der Waals surface area contributed by atoms with Gasteiger partial charge in [-0.25, -0.2) is 4.39 Å². The molecule has 0 amide bonds. The first-order valence-corrected chi connectivity index (χ1v) is 7.22. The van der Waals surface area contributed by atoms with Crippen molar-refractivity contribution in [3.05, 3.63) is 52.0 Å². The van der Waals surface area contributed by atoms with E-state index in [1.807, 2.05) is 12.1 Å². The molecule has 2 N–H and O–H groups in total. The van der Waals surface area contributed by atoms with E-state index in [0.29, 0.717) is 23.6 Å². The maximum absolute atomic E-state index is 13.1. The van der Waals surface area contributed by atoms with Gasteiger partial charge in [0.2, 0.25) is 0 Å². The summed E-state index contributed by atoms with van der Waals surface area (Å²) in [5.74, 6) is 0.792. The highest BCUT2D eigenvalue weighted by Crippen LogP contribution is 2.37. The van der Waals surface area contributed by atoms with Crippen molar-refractivity contribution in [3.8, 4) is 11.5 Å². The van der Waals surface area contributed by atoms with Crippen molar-refractivity contribution in [2.75, 3.05) is 13.7 Å². The van der Waals surface area contributed by atoms with Crippen LogP contribution in [0.4, 0.5) is 4.39 Å². The normalized spacial score (nSPS) is 10.5. The van der Waals surface area contributed by atoms with E-state index in [-0.39, 0.29) is 12.4 Å². The second-order valence-electron chi connectivity index (χ2n) is 4.45. The summed E-state index contributed by atoms with van der Waals surface area (Å²) < 4.78 is 24.9. The van der Waals surface area contributed by atoms with Gasteiger partial charge in [0.1, 0.15) is 12.4 Å². The van der Waals surface area contributed by atoms with Gasteiger partial charge in [-0.15, -0.1) is 0 Å². The third kappa shape index (κ3) is 4.15. The summed E-state index contributed by atoms with van der Waals surface area (Å²) in [5, 5.41) is 0. The fourth-order valence-electron chi connectivity index (χ4n) is 1.91. The van der Waals surface area contributed by atoms with Crippen LogP contribution in [0.5, 0.6) is 11.5 Å². The Balaban J connectivity index is 2.19. The van der Waals surface area contributed by atoms with E-state index >= 15 is 0 Å². The van der Waals surface area contributed by atoms with E-state index in [4.69, 9.17) is 15.2 Å². The minimum Gasteiger partial charge on any atom is -0.493 e. The Bertz CT molecular complexity index is 623. The second-order valence-corrected chi connectivity index (χ2v) is 5.30. The molecule has 0 bridgehead atoms. The molecule has 4 nitrogen and oxygen atoms in total. The molecule has 0 aliphatic carbocycles. The van der Waals surface area contributed by atoms with Crippen LogP contribution in [-0.4, -0.2) is 18.6 Å². The van der Waals surface area contributed by atoms with Gasteiger partial charge in [0.05, 0.1) is 17.8 Å². The van der Waals surface area contributed by atoms with Crippen LogP contribution in [0, 0.1) is 5.82 Å². The molecule has 1 aromatic heterocycles. The highest BCUT2D eigenvalue weighted by Gasteiger charge is 2.12. The molecule has 0 unspecified atom stereocenters. The average Bonchev–Trinajstić information content (AvgIpc) is 2.46. The molecule has 112 valence electrons. The van der Waals surface area contributed by atoms with Crippen molar-refractivity contribution < 1.29 is 13.9 Å². The molecule has 2 rings (SSSR count). The monoisotopic (exact) mass is 354 g/mol. The van der Waals surface area contributed by atoms with Crippen LogP contribution in [0.2, 0.25) is 0 Å². The van der Waals surface area contributed by atoms with Crippen molar-refractivity contribution in [1.29, 1.82) is 0 Å². The lowest BCUT2D eigenvalue weighted by Crippen LogP contribution is -2.04. The van der Waals surface area contributed by atoms with Crippen molar-refractivity contribution in [3.63, 3.8) is 0 Å². The molecule has 2 aromatic rings. The molecule has 21 heavy (non-hydrogen) atoms. The molecule has 0 aliphatic heterocycles. The Morgan fingerprint density at radius 3 is 2.71 bits per heavy atom. The van der Waals surface area contributed by atoms with Gasteiger partial charge < -0.3 is 15.2 Å². The number of benzene rings is 1. The number of methoxy groups -OCH3 is 1. The first kappa shape index (κ1) is 15.7. The fraction of sp³-hybridized carbons (Fsp3) is 0.267. The molecule has 0 saturated carbocycles. The summed E-state index contributed by atoms with van der Waals surface area (Å²) in [7, 11) is 1.57. The van der Waals surface area contributed by atoms with Crippen molar-refractivity contribution >= 4 is 15.9 Å². The third-order valence-corrected chi connectivity index (χ3v) is 3.46. The molecule has 6 heteroatoms. The molecule has 0 radical (unpaired) electrons. The van der Waals surface area contributed by atoms with Crippen LogP contribution in [-0.2, 0) is 13.0 Å². The molecule has 0 atom stereocenters. The van der Waals surface area contributed by atoms with E-state index in [1.54, 1.807) is 13.3 Å². The lowest BCUT2D eigenvalue weighted by Gasteiger charge is -2.14. The topological polar surface area (TPSA) is 57.4 Å². The minimum absolute atomic E-state index is 0.204. The summed E-state index contributed by atoms with van der Waals surface area (Å²) in [6.45, 7) is 0.765. The van der Waals surface area contributed by atoms with Gasteiger partial charge >= 0.3 is 0 Å². The van der Waals surface area contributed by atoms with Crippen molar-refractivity contribution in [2.45, 2.75) is 13.0 Å². The third-order valence-electron chi connectivity index (χ3n) is 2.87. The van der Waals surface area contributed by atoms with Crippen LogP contribution in [0.3, 0.4) is 0 Å². The first-order valence-electron chi connectivity index (χ1n) is 6.42. The predicted octanol–water partition coefficient (Wildman–Crippen LogP) is 3.07. The molecular formula is C15H16BrFN2O2. The van der Waals surface area contributed by atoms with Crippen LogP contribution >= 0.6 is 15.9 Å². The number of ether oxygens (including phenoxy) is 2. The highest BCUT2D eigenvalue weighted by atomic mass is 79.9. The maximum Gasteiger partial charge on any atom is 0.175 e. The van der Waals surface area contributed by atoms with Crippen LogP contribution in [0.25, 0.3) is 0 Å². The van der Waals surface area contributed by atoms with Crippen LogP contribution in [0.15, 0.2) is 35.1 Å². The standard InChI is InChI=1S/C15H16BrFN2O2/c1-20-14-6-10(2-3-18)5-13(16)15(14)21-9-11-4-12(17)8-19-7-11/h4-8H,2-3,9,18H2,1H3. The van der Waals surface area contributed by atoms with E-state index in [2.05, 4.69) is 20.9 Å². The van der Waals surface area contributed by atoms with Gasteiger partial charge in [-0.3, -0.25) is 4.98 Å². The summed E-state index contributed by atoms with van der Waals surface area (Å²) in [6.07, 6.45) is 3.47. The van der Waals surface area contributed by atoms with E-state index < -0.39 is 0 Å². The smallest absolute Gasteiger partial charge is 0.175 e. The van der Waals surface area contributed by atoms with Gasteiger partial charge in [0, 0.05) is 11.8 Å². The minimum atomic E-state index is -0.388. The zero-order chi connectivity index (χ0) is 15.2. The van der Waals surface area contributed by atoms with E-state index in [1.165, 1.54) is 6.07 Å². The second kappa shape index (κ2) is 7.38. The van der Waals surface area contributed by atoms with Crippen LogP contribution in [0.1, 0.15) is 11.1 Å². The molecule has 0 fully saturated rings. The van der Waals surface area contributed by atoms with Crippen LogP contribution < -0.4 is 15.2 Å². The number of aromatic nitrogens is 1. The summed E-state index contributed by atoms with van der Waals surface area (Å²) in [6, 6.07) is 5.21. The van der Waals surface area contributed by atoms with Gasteiger partial charge in [0.15, 0.2) is 11.5 Å². The first-order chi connectivity index (χ1) is 10.1. The summed E-state index contributed by atoms with van der Waals surface area (Å²) in [4.78, 5) is 3.79. The lowest BCUT2D eigenvalue weighted by molar-refractivity contribution is 0.281. The zero-order valence-electron chi connectivity index (χ0n) is 11.6. The van der Waals surface area contributed by atoms with Gasteiger partial charge in [0.25, 0.3) is 0 Å². The molecule has 1 aromatic carbocycles.